The fourth-order valence-electron chi connectivity index (χ4n) is 3.21. The van der Waals surface area contributed by atoms with Crippen molar-refractivity contribution in [3.8, 4) is 6.07 Å². The van der Waals surface area contributed by atoms with E-state index in [-0.39, 0.29) is 35.3 Å². The van der Waals surface area contributed by atoms with Crippen LogP contribution in [0.25, 0.3) is 0 Å². The number of para-hydroxylation sites is 1. The Bertz CT molecular complexity index is 884. The second kappa shape index (κ2) is 6.15. The van der Waals surface area contributed by atoms with Gasteiger partial charge in [0.2, 0.25) is 11.8 Å². The molecule has 1 spiro atoms. The Hall–Kier alpha value is -2.98. The summed E-state index contributed by atoms with van der Waals surface area (Å²) in [5, 5.41) is 12.4. The van der Waals surface area contributed by atoms with Crippen LogP contribution in [0.15, 0.2) is 47.1 Å². The Kier molecular flexibility index (Phi) is 4.15. The van der Waals surface area contributed by atoms with Gasteiger partial charge in [-0.25, -0.2) is 4.79 Å². The standard InChI is InChI=1S/C17H14ClN3O4/c1-2-24-15(22)13-12(7-18)25-14(20)10(8-19)17(13)9-5-3-4-6-11(9)21-16(17)23/h3-6H,2,7,20H2,1H3,(H,21,23). The van der Waals surface area contributed by atoms with Crippen molar-refractivity contribution in [2.45, 2.75) is 12.3 Å². The van der Waals surface area contributed by atoms with Crippen LogP contribution in [0.1, 0.15) is 12.5 Å². The van der Waals surface area contributed by atoms with E-state index < -0.39 is 17.3 Å². The SMILES string of the molecule is CCOC(=O)C1=C(CCl)OC(N)=C(C#N)C12C(=O)Nc1ccccc12. The number of amides is 1. The topological polar surface area (TPSA) is 114 Å². The number of nitriles is 1. The highest BCUT2D eigenvalue weighted by molar-refractivity contribution is 6.21. The Morgan fingerprint density at radius 3 is 2.84 bits per heavy atom. The lowest BCUT2D eigenvalue weighted by molar-refractivity contribution is -0.140. The Balaban J connectivity index is 2.41. The molecule has 0 fully saturated rings. The number of esters is 1. The number of nitrogens with zero attached hydrogens (tertiary/aromatic N) is 1. The second-order valence-electron chi connectivity index (χ2n) is 5.36. The smallest absolute Gasteiger partial charge is 0.339 e. The molecule has 7 nitrogen and oxygen atoms in total. The molecule has 8 heteroatoms. The molecule has 0 aliphatic carbocycles. The van der Waals surface area contributed by atoms with Gasteiger partial charge < -0.3 is 20.5 Å². The van der Waals surface area contributed by atoms with Crippen LogP contribution in [0.2, 0.25) is 0 Å². The van der Waals surface area contributed by atoms with Crippen molar-refractivity contribution in [3.05, 3.63) is 52.6 Å². The van der Waals surface area contributed by atoms with Crippen LogP contribution < -0.4 is 11.1 Å². The highest BCUT2D eigenvalue weighted by Crippen LogP contribution is 2.51. The van der Waals surface area contributed by atoms with Crippen molar-refractivity contribution < 1.29 is 19.1 Å². The maximum Gasteiger partial charge on any atom is 0.339 e. The molecule has 0 bridgehead atoms. The first-order valence-corrected chi connectivity index (χ1v) is 8.01. The molecule has 3 rings (SSSR count). The van der Waals surface area contributed by atoms with Gasteiger partial charge in [0.05, 0.1) is 12.5 Å². The van der Waals surface area contributed by atoms with E-state index in [1.54, 1.807) is 31.2 Å². The number of carbonyl (C=O) groups excluding carboxylic acids is 2. The van der Waals surface area contributed by atoms with Crippen LogP contribution in [0, 0.1) is 11.3 Å². The molecule has 0 radical (unpaired) electrons. The Labute approximate surface area is 148 Å². The third-order valence-electron chi connectivity index (χ3n) is 4.14. The van der Waals surface area contributed by atoms with Gasteiger partial charge in [-0.1, -0.05) is 18.2 Å². The van der Waals surface area contributed by atoms with Crippen molar-refractivity contribution >= 4 is 29.2 Å². The average Bonchev–Trinajstić information content (AvgIpc) is 2.88. The summed E-state index contributed by atoms with van der Waals surface area (Å²) in [6.45, 7) is 1.71. The van der Waals surface area contributed by atoms with Crippen molar-refractivity contribution in [3.63, 3.8) is 0 Å². The molecule has 2 heterocycles. The van der Waals surface area contributed by atoms with Gasteiger partial charge in [-0.2, -0.15) is 5.26 Å². The highest BCUT2D eigenvalue weighted by Gasteiger charge is 2.60. The van der Waals surface area contributed by atoms with Gasteiger partial charge in [0, 0.05) is 11.3 Å². The summed E-state index contributed by atoms with van der Waals surface area (Å²) in [5.41, 5.74) is 4.73. The number of hydrogen-bond donors (Lipinski definition) is 2. The van der Waals surface area contributed by atoms with Crippen LogP contribution in [0.4, 0.5) is 5.69 Å². The molecule has 1 atom stereocenters. The first kappa shape index (κ1) is 16.9. The van der Waals surface area contributed by atoms with Crippen LogP contribution in [-0.2, 0) is 24.5 Å². The lowest BCUT2D eigenvalue weighted by atomic mass is 9.68. The summed E-state index contributed by atoms with van der Waals surface area (Å²) in [5.74, 6) is -1.86. The number of allylic oxidation sites excluding steroid dienone is 1. The molecule has 0 aromatic heterocycles. The summed E-state index contributed by atoms with van der Waals surface area (Å²) < 4.78 is 10.5. The maximum absolute atomic E-state index is 13.0. The monoisotopic (exact) mass is 359 g/mol. The molecular weight excluding hydrogens is 346 g/mol. The molecule has 1 aromatic rings. The van der Waals surface area contributed by atoms with Crippen LogP contribution in [0.3, 0.4) is 0 Å². The van der Waals surface area contributed by atoms with Crippen molar-refractivity contribution in [1.82, 2.24) is 0 Å². The number of nitrogens with two attached hydrogens (primary N) is 1. The summed E-state index contributed by atoms with van der Waals surface area (Å²) >= 11 is 5.93. The molecule has 0 saturated heterocycles. The number of alkyl halides is 1. The molecule has 3 N–H and O–H groups in total. The zero-order valence-electron chi connectivity index (χ0n) is 13.3. The minimum absolute atomic E-state index is 0.0107. The molecule has 2 aliphatic heterocycles. The molecule has 1 aromatic carbocycles. The number of halogens is 1. The summed E-state index contributed by atoms with van der Waals surface area (Å²) in [7, 11) is 0. The van der Waals surface area contributed by atoms with Gasteiger partial charge in [-0.15, -0.1) is 11.6 Å². The zero-order valence-corrected chi connectivity index (χ0v) is 14.0. The van der Waals surface area contributed by atoms with E-state index >= 15 is 0 Å². The molecule has 1 amide bonds. The van der Waals surface area contributed by atoms with E-state index in [0.717, 1.165) is 0 Å². The maximum atomic E-state index is 13.0. The lowest BCUT2D eigenvalue weighted by Crippen LogP contribution is -2.46. The molecule has 25 heavy (non-hydrogen) atoms. The van der Waals surface area contributed by atoms with Gasteiger partial charge >= 0.3 is 5.97 Å². The van der Waals surface area contributed by atoms with Gasteiger partial charge in [-0.3, -0.25) is 4.79 Å². The molecular formula is C17H14ClN3O4. The molecule has 0 saturated carbocycles. The largest absolute Gasteiger partial charge is 0.462 e. The van der Waals surface area contributed by atoms with E-state index in [4.69, 9.17) is 26.8 Å². The Morgan fingerprint density at radius 2 is 2.20 bits per heavy atom. The number of carbonyl (C=O) groups is 2. The number of rotatable bonds is 3. The molecule has 128 valence electrons. The van der Waals surface area contributed by atoms with Gasteiger partial charge in [-0.05, 0) is 13.0 Å². The minimum atomic E-state index is -1.75. The van der Waals surface area contributed by atoms with E-state index in [1.165, 1.54) is 0 Å². The van der Waals surface area contributed by atoms with Crippen molar-refractivity contribution in [2.75, 3.05) is 17.8 Å². The van der Waals surface area contributed by atoms with E-state index in [0.29, 0.717) is 11.3 Å². The summed E-state index contributed by atoms with van der Waals surface area (Å²) in [6.07, 6.45) is 0. The first-order valence-electron chi connectivity index (χ1n) is 7.48. The van der Waals surface area contributed by atoms with Gasteiger partial charge in [0.15, 0.2) is 5.41 Å². The zero-order chi connectivity index (χ0) is 18.2. The number of anilines is 1. The third kappa shape index (κ3) is 2.18. The fourth-order valence-corrected chi connectivity index (χ4v) is 3.40. The predicted molar refractivity (Wildman–Crippen MR) is 89.0 cm³/mol. The number of ether oxygens (including phenoxy) is 2. The summed E-state index contributed by atoms with van der Waals surface area (Å²) in [6, 6.07) is 8.66. The second-order valence-corrected chi connectivity index (χ2v) is 5.62. The van der Waals surface area contributed by atoms with E-state index in [2.05, 4.69) is 5.32 Å². The quantitative estimate of drug-likeness (QED) is 0.626. The van der Waals surface area contributed by atoms with Crippen molar-refractivity contribution in [2.24, 2.45) is 5.73 Å². The third-order valence-corrected chi connectivity index (χ3v) is 4.38. The molecule has 1 unspecified atom stereocenters. The van der Waals surface area contributed by atoms with Crippen LogP contribution in [0.5, 0.6) is 0 Å². The first-order chi connectivity index (χ1) is 12.0. The number of fused-ring (bicyclic) bond motifs is 2. The van der Waals surface area contributed by atoms with E-state index in [1.807, 2.05) is 6.07 Å². The fraction of sp³-hybridized carbons (Fsp3) is 0.235. The normalized spacial score (nSPS) is 21.6. The minimum Gasteiger partial charge on any atom is -0.462 e. The van der Waals surface area contributed by atoms with Crippen molar-refractivity contribution in [1.29, 1.82) is 5.26 Å². The van der Waals surface area contributed by atoms with Crippen LogP contribution in [-0.4, -0.2) is 24.4 Å². The summed E-state index contributed by atoms with van der Waals surface area (Å²) in [4.78, 5) is 25.7. The highest BCUT2D eigenvalue weighted by atomic mass is 35.5. The Morgan fingerprint density at radius 1 is 1.48 bits per heavy atom. The van der Waals surface area contributed by atoms with Gasteiger partial charge in [0.1, 0.15) is 23.0 Å². The lowest BCUT2D eigenvalue weighted by Gasteiger charge is -2.34. The van der Waals surface area contributed by atoms with E-state index in [9.17, 15) is 14.9 Å². The van der Waals surface area contributed by atoms with Crippen LogP contribution >= 0.6 is 11.6 Å². The number of nitrogens with one attached hydrogen (secondary N) is 1. The average molecular weight is 360 g/mol. The number of benzene rings is 1. The predicted octanol–water partition coefficient (Wildman–Crippen LogP) is 1.66. The van der Waals surface area contributed by atoms with Gasteiger partial charge in [0.25, 0.3) is 0 Å². The number of hydrogen-bond acceptors (Lipinski definition) is 6. The molecule has 2 aliphatic rings.